The number of nitrogens with one attached hydrogen (secondary N) is 1. The molecule has 20 heavy (non-hydrogen) atoms. The molecule has 4 N–H and O–H groups in total. The number of aromatic hydroxyl groups is 1. The molecule has 4 nitrogen and oxygen atoms in total. The molecule has 2 rings (SSSR count). The summed E-state index contributed by atoms with van der Waals surface area (Å²) < 4.78 is 0. The van der Waals surface area contributed by atoms with Crippen LogP contribution in [-0.2, 0) is 0 Å². The van der Waals surface area contributed by atoms with Gasteiger partial charge in [0.2, 0.25) is 0 Å². The van der Waals surface area contributed by atoms with E-state index in [4.69, 9.17) is 5.73 Å². The molecule has 1 aromatic rings. The lowest BCUT2D eigenvalue weighted by atomic mass is 9.82. The fraction of sp³-hybridized carbons (Fsp3) is 0.533. The molecule has 1 saturated carbocycles. The molecule has 0 unspecified atom stereocenters. The molecule has 112 valence electrons. The van der Waals surface area contributed by atoms with Crippen molar-refractivity contribution in [3.63, 3.8) is 0 Å². The summed E-state index contributed by atoms with van der Waals surface area (Å²) in [6, 6.07) is 5.01. The SMILES string of the molecule is Cc1ccc(O)c(C(=O)NCC2(N)CCCCC2)c1.Cl. The predicted octanol–water partition coefficient (Wildman–Crippen LogP) is 2.51. The molecule has 0 aliphatic heterocycles. The number of carbonyl (C=O) groups is 1. The third-order valence-corrected chi connectivity index (χ3v) is 3.85. The first-order chi connectivity index (χ1) is 9.00. The minimum Gasteiger partial charge on any atom is -0.507 e. The number of phenols is 1. The monoisotopic (exact) mass is 298 g/mol. The van der Waals surface area contributed by atoms with E-state index in [1.807, 2.05) is 6.92 Å². The van der Waals surface area contributed by atoms with Crippen LogP contribution in [0.2, 0.25) is 0 Å². The van der Waals surface area contributed by atoms with Crippen molar-refractivity contribution in [2.75, 3.05) is 6.54 Å². The van der Waals surface area contributed by atoms with Crippen LogP contribution < -0.4 is 11.1 Å². The Kier molecular flexibility index (Phi) is 5.84. The second-order valence-corrected chi connectivity index (χ2v) is 5.63. The fourth-order valence-electron chi connectivity index (χ4n) is 2.62. The zero-order chi connectivity index (χ0) is 13.9. The number of hydrogen-bond acceptors (Lipinski definition) is 3. The van der Waals surface area contributed by atoms with Crippen molar-refractivity contribution >= 4 is 18.3 Å². The lowest BCUT2D eigenvalue weighted by Gasteiger charge is -2.33. The molecular weight excluding hydrogens is 276 g/mol. The lowest BCUT2D eigenvalue weighted by molar-refractivity contribution is 0.0935. The molecule has 1 amide bonds. The van der Waals surface area contributed by atoms with Gasteiger partial charge in [-0.3, -0.25) is 4.79 Å². The van der Waals surface area contributed by atoms with Gasteiger partial charge in [-0.2, -0.15) is 0 Å². The maximum Gasteiger partial charge on any atom is 0.255 e. The third kappa shape index (κ3) is 4.12. The van der Waals surface area contributed by atoms with Crippen LogP contribution in [0.4, 0.5) is 0 Å². The molecule has 5 heteroatoms. The van der Waals surface area contributed by atoms with E-state index in [0.29, 0.717) is 12.1 Å². The summed E-state index contributed by atoms with van der Waals surface area (Å²) in [5, 5.41) is 12.6. The summed E-state index contributed by atoms with van der Waals surface area (Å²) in [4.78, 5) is 12.1. The third-order valence-electron chi connectivity index (χ3n) is 3.85. The van der Waals surface area contributed by atoms with Crippen molar-refractivity contribution < 1.29 is 9.90 Å². The summed E-state index contributed by atoms with van der Waals surface area (Å²) in [5.41, 5.74) is 7.26. The number of hydrogen-bond donors (Lipinski definition) is 3. The lowest BCUT2D eigenvalue weighted by Crippen LogP contribution is -2.51. The molecule has 0 heterocycles. The average Bonchev–Trinajstić information content (AvgIpc) is 2.40. The first-order valence-corrected chi connectivity index (χ1v) is 6.87. The van der Waals surface area contributed by atoms with E-state index in [-0.39, 0.29) is 29.6 Å². The summed E-state index contributed by atoms with van der Waals surface area (Å²) in [5.74, 6) is -0.241. The van der Waals surface area contributed by atoms with Crippen LogP contribution in [-0.4, -0.2) is 23.1 Å². The second kappa shape index (κ2) is 6.95. The summed E-state index contributed by atoms with van der Waals surface area (Å²) in [6.45, 7) is 2.36. The van der Waals surface area contributed by atoms with Gasteiger partial charge in [0.05, 0.1) is 5.56 Å². The normalized spacial score (nSPS) is 17.1. The van der Waals surface area contributed by atoms with Gasteiger partial charge in [0.25, 0.3) is 5.91 Å². The minimum absolute atomic E-state index is 0. The number of nitrogens with two attached hydrogens (primary N) is 1. The molecule has 0 radical (unpaired) electrons. The van der Waals surface area contributed by atoms with Gasteiger partial charge in [-0.15, -0.1) is 12.4 Å². The van der Waals surface area contributed by atoms with Gasteiger partial charge < -0.3 is 16.2 Å². The summed E-state index contributed by atoms with van der Waals surface area (Å²) in [6.07, 6.45) is 5.38. The van der Waals surface area contributed by atoms with Crippen LogP contribution in [0.3, 0.4) is 0 Å². The van der Waals surface area contributed by atoms with Crippen molar-refractivity contribution in [2.24, 2.45) is 5.73 Å². The molecule has 1 aromatic carbocycles. The van der Waals surface area contributed by atoms with E-state index >= 15 is 0 Å². The Morgan fingerprint density at radius 1 is 1.35 bits per heavy atom. The summed E-state index contributed by atoms with van der Waals surface area (Å²) in [7, 11) is 0. The second-order valence-electron chi connectivity index (χ2n) is 5.63. The van der Waals surface area contributed by atoms with Crippen molar-refractivity contribution in [1.82, 2.24) is 5.32 Å². The van der Waals surface area contributed by atoms with Crippen molar-refractivity contribution in [3.05, 3.63) is 29.3 Å². The number of benzene rings is 1. The fourth-order valence-corrected chi connectivity index (χ4v) is 2.62. The van der Waals surface area contributed by atoms with Crippen LogP contribution in [0, 0.1) is 6.92 Å². The van der Waals surface area contributed by atoms with Crippen LogP contribution >= 0.6 is 12.4 Å². The van der Waals surface area contributed by atoms with E-state index < -0.39 is 0 Å². The zero-order valence-corrected chi connectivity index (χ0v) is 12.6. The van der Waals surface area contributed by atoms with Crippen LogP contribution in [0.25, 0.3) is 0 Å². The van der Waals surface area contributed by atoms with Crippen molar-refractivity contribution in [2.45, 2.75) is 44.6 Å². The van der Waals surface area contributed by atoms with Gasteiger partial charge in [0, 0.05) is 12.1 Å². The van der Waals surface area contributed by atoms with E-state index in [1.54, 1.807) is 18.2 Å². The molecule has 1 aliphatic carbocycles. The minimum atomic E-state index is -0.284. The molecule has 0 bridgehead atoms. The maximum atomic E-state index is 12.1. The highest BCUT2D eigenvalue weighted by atomic mass is 35.5. The zero-order valence-electron chi connectivity index (χ0n) is 11.8. The highest BCUT2D eigenvalue weighted by molar-refractivity contribution is 5.97. The predicted molar refractivity (Wildman–Crippen MR) is 82.4 cm³/mol. The highest BCUT2D eigenvalue weighted by Crippen LogP contribution is 2.25. The number of amides is 1. The Hall–Kier alpha value is -1.26. The molecule has 0 spiro atoms. The highest BCUT2D eigenvalue weighted by Gasteiger charge is 2.28. The maximum absolute atomic E-state index is 12.1. The van der Waals surface area contributed by atoms with Gasteiger partial charge in [0.1, 0.15) is 5.75 Å². The quantitative estimate of drug-likeness (QED) is 0.802. The largest absolute Gasteiger partial charge is 0.507 e. The average molecular weight is 299 g/mol. The van der Waals surface area contributed by atoms with E-state index in [1.165, 1.54) is 6.42 Å². The molecule has 0 atom stereocenters. The van der Waals surface area contributed by atoms with Gasteiger partial charge >= 0.3 is 0 Å². The van der Waals surface area contributed by atoms with Crippen LogP contribution in [0.1, 0.15) is 48.0 Å². The first kappa shape index (κ1) is 16.8. The molecule has 0 saturated heterocycles. The van der Waals surface area contributed by atoms with E-state index in [9.17, 15) is 9.90 Å². The standard InChI is InChI=1S/C15H22N2O2.ClH/c1-11-5-6-13(18)12(9-11)14(19)17-10-15(16)7-3-2-4-8-15;/h5-6,9,18H,2-4,7-8,10,16H2,1H3,(H,17,19);1H. The molecule has 1 fully saturated rings. The van der Waals surface area contributed by atoms with Gasteiger partial charge in [-0.25, -0.2) is 0 Å². The number of rotatable bonds is 3. The van der Waals surface area contributed by atoms with Gasteiger partial charge in [-0.05, 0) is 31.9 Å². The van der Waals surface area contributed by atoms with E-state index in [0.717, 1.165) is 31.2 Å². The Balaban J connectivity index is 0.00000200. The topological polar surface area (TPSA) is 75.3 Å². The number of halogens is 1. The van der Waals surface area contributed by atoms with Gasteiger partial charge in [-0.1, -0.05) is 30.9 Å². The van der Waals surface area contributed by atoms with E-state index in [2.05, 4.69) is 5.32 Å². The molecule has 1 aliphatic rings. The number of carbonyl (C=O) groups excluding carboxylic acids is 1. The van der Waals surface area contributed by atoms with Crippen LogP contribution in [0.5, 0.6) is 5.75 Å². The Bertz CT molecular complexity index is 471. The van der Waals surface area contributed by atoms with Crippen LogP contribution in [0.15, 0.2) is 18.2 Å². The number of phenolic OH excluding ortho intramolecular Hbond substituents is 1. The van der Waals surface area contributed by atoms with Gasteiger partial charge in [0.15, 0.2) is 0 Å². The molecule has 0 aromatic heterocycles. The smallest absolute Gasteiger partial charge is 0.255 e. The Morgan fingerprint density at radius 3 is 2.65 bits per heavy atom. The summed E-state index contributed by atoms with van der Waals surface area (Å²) >= 11 is 0. The number of aryl methyl sites for hydroxylation is 1. The van der Waals surface area contributed by atoms with Crippen molar-refractivity contribution in [1.29, 1.82) is 0 Å². The first-order valence-electron chi connectivity index (χ1n) is 6.87. The Labute approximate surface area is 126 Å². The Morgan fingerprint density at radius 2 is 2.00 bits per heavy atom. The van der Waals surface area contributed by atoms with Crippen molar-refractivity contribution in [3.8, 4) is 5.75 Å². The molecular formula is C15H23ClN2O2.